The van der Waals surface area contributed by atoms with Crippen LogP contribution in [0, 0.1) is 34.0 Å². The second-order valence-electron chi connectivity index (χ2n) is 15.4. The summed E-state index contributed by atoms with van der Waals surface area (Å²) in [6.07, 6.45) is 7.78. The van der Waals surface area contributed by atoms with Gasteiger partial charge < -0.3 is 14.4 Å². The topological polar surface area (TPSA) is 123 Å². The van der Waals surface area contributed by atoms with E-state index in [0.29, 0.717) is 42.7 Å². The van der Waals surface area contributed by atoms with Gasteiger partial charge in [0.2, 0.25) is 0 Å². The molecule has 62 heavy (non-hydrogen) atoms. The highest BCUT2D eigenvalue weighted by molar-refractivity contribution is 8.48. The third-order valence-corrected chi connectivity index (χ3v) is 17.5. The van der Waals surface area contributed by atoms with Gasteiger partial charge >= 0.3 is 0 Å². The van der Waals surface area contributed by atoms with Gasteiger partial charge in [0.05, 0.1) is 22.4 Å². The summed E-state index contributed by atoms with van der Waals surface area (Å²) in [6.45, 7) is 23.1. The molecule has 0 heterocycles. The van der Waals surface area contributed by atoms with Crippen LogP contribution in [0.2, 0.25) is 0 Å². The van der Waals surface area contributed by atoms with E-state index in [2.05, 4.69) is 52.8 Å². The number of carbonyl (C=O) groups is 3. The SMILES string of the molecule is CC(=O)CCC(C)(C#N)SC(=S)c1ccccc1.CCCCSC(=S)SC(C)(C#N)CCC(C)=O.CCCCSC(=S)SC(C)(C)C.CCSC(=S)SC(C)(C#N)CCC(C)=O. The molecule has 1 aromatic rings. The predicted octanol–water partition coefficient (Wildman–Crippen LogP) is 15.7. The number of ketones is 3. The van der Waals surface area contributed by atoms with Crippen LogP contribution >= 0.6 is 131 Å². The fraction of sp³-hybridized carbons (Fsp3) is 0.644. The van der Waals surface area contributed by atoms with Gasteiger partial charge in [-0.25, -0.2) is 0 Å². The van der Waals surface area contributed by atoms with Crippen molar-refractivity contribution in [3.05, 3.63) is 35.9 Å². The van der Waals surface area contributed by atoms with Crippen molar-refractivity contribution >= 4 is 163 Å². The van der Waals surface area contributed by atoms with Gasteiger partial charge in [0.1, 0.15) is 42.2 Å². The molecule has 0 aliphatic heterocycles. The maximum Gasteiger partial charge on any atom is 0.129 e. The quantitative estimate of drug-likeness (QED) is 0.0908. The summed E-state index contributed by atoms with van der Waals surface area (Å²) in [4.78, 5) is 32.8. The molecule has 0 spiro atoms. The molecule has 0 aromatic heterocycles. The molecule has 0 saturated heterocycles. The summed E-state index contributed by atoms with van der Waals surface area (Å²) in [5, 5.41) is 27.5. The number of rotatable bonds is 20. The van der Waals surface area contributed by atoms with Crippen LogP contribution in [0.1, 0.15) is 153 Å². The molecule has 17 heteroatoms. The number of thioether (sulfide) groups is 7. The zero-order chi connectivity index (χ0) is 48.4. The normalized spacial score (nSPS) is 13.3. The lowest BCUT2D eigenvalue weighted by molar-refractivity contribution is -0.118. The fourth-order valence-electron chi connectivity index (χ4n) is 3.89. The minimum Gasteiger partial charge on any atom is -0.300 e. The molecule has 0 amide bonds. The molecule has 0 aliphatic rings. The van der Waals surface area contributed by atoms with E-state index < -0.39 is 14.2 Å². The van der Waals surface area contributed by atoms with E-state index in [1.165, 1.54) is 60.8 Å². The second-order valence-corrected chi connectivity index (χ2v) is 29.5. The van der Waals surface area contributed by atoms with Crippen LogP contribution in [0.25, 0.3) is 0 Å². The van der Waals surface area contributed by atoms with Crippen molar-refractivity contribution in [2.24, 2.45) is 0 Å². The minimum absolute atomic E-state index is 0.0997. The molecular weight excluding hydrogens is 983 g/mol. The Bertz CT molecular complexity index is 1680. The largest absolute Gasteiger partial charge is 0.300 e. The molecule has 0 saturated carbocycles. The minimum atomic E-state index is -0.640. The lowest BCUT2D eigenvalue weighted by Gasteiger charge is -2.20. The van der Waals surface area contributed by atoms with E-state index in [-0.39, 0.29) is 22.1 Å². The molecule has 0 fully saturated rings. The summed E-state index contributed by atoms with van der Waals surface area (Å²) >= 11 is 32.0. The van der Waals surface area contributed by atoms with Crippen molar-refractivity contribution in [3.63, 3.8) is 0 Å². The van der Waals surface area contributed by atoms with Gasteiger partial charge in [0.15, 0.2) is 0 Å². The number of unbranched alkanes of at least 4 members (excludes halogenated alkanes) is 2. The lowest BCUT2D eigenvalue weighted by Crippen LogP contribution is -2.20. The average Bonchev–Trinajstić information content (AvgIpc) is 3.19. The zero-order valence-electron chi connectivity index (χ0n) is 38.6. The Morgan fingerprint density at radius 1 is 0.548 bits per heavy atom. The fourth-order valence-corrected chi connectivity index (χ4v) is 14.8. The van der Waals surface area contributed by atoms with Crippen LogP contribution < -0.4 is 0 Å². The van der Waals surface area contributed by atoms with E-state index in [1.54, 1.807) is 49.1 Å². The van der Waals surface area contributed by atoms with Crippen LogP contribution in [-0.2, 0) is 14.4 Å². The number of nitriles is 3. The number of nitrogens with zero attached hydrogens (tertiary/aromatic N) is 3. The maximum absolute atomic E-state index is 11.0. The van der Waals surface area contributed by atoms with Gasteiger partial charge in [-0.05, 0) is 96.5 Å². The molecule has 3 atom stereocenters. The number of carbonyl (C=O) groups excluding carboxylic acids is 3. The van der Waals surface area contributed by atoms with Crippen LogP contribution in [0.15, 0.2) is 30.3 Å². The van der Waals surface area contributed by atoms with Gasteiger partial charge in [-0.15, -0.1) is 47.0 Å². The van der Waals surface area contributed by atoms with Crippen LogP contribution in [-0.4, -0.2) is 68.4 Å². The average molecular weight is 1050 g/mol. The van der Waals surface area contributed by atoms with Crippen molar-refractivity contribution in [1.82, 2.24) is 0 Å². The molecule has 1 rings (SSSR count). The Labute approximate surface area is 427 Å². The van der Waals surface area contributed by atoms with Gasteiger partial charge in [-0.1, -0.05) is 169 Å². The molecule has 3 unspecified atom stereocenters. The standard InChI is InChI=1S/C14H15NOS2.C12H19NOS3.C10H15NOS3.C9H18S3/c1-11(16)8-9-14(2,10-15)18-13(17)12-6-4-3-5-7-12;1-4-5-8-16-11(15)17-12(3,9-13)7-6-10(2)14;1-4-14-9(13)15-10(3,7-11)6-5-8(2)12;1-5-6-7-11-8(10)12-9(2,3)4/h3-7H,8-9H2,1-2H3;4-8H2,1-3H3;4-6H2,1-3H3;5-7H2,1-4H3. The Hall–Kier alpha value is -0.490. The van der Waals surface area contributed by atoms with Crippen LogP contribution in [0.3, 0.4) is 0 Å². The van der Waals surface area contributed by atoms with E-state index in [1.807, 2.05) is 69.8 Å². The molecular formula is C45H67N3O3S11. The van der Waals surface area contributed by atoms with Crippen molar-refractivity contribution in [1.29, 1.82) is 15.8 Å². The molecule has 1 aromatic carbocycles. The first kappa shape index (κ1) is 65.8. The summed E-state index contributed by atoms with van der Waals surface area (Å²) in [5.41, 5.74) is 0.946. The summed E-state index contributed by atoms with van der Waals surface area (Å²) in [6, 6.07) is 16.4. The smallest absolute Gasteiger partial charge is 0.129 e. The maximum atomic E-state index is 11.0. The molecule has 0 aliphatic carbocycles. The summed E-state index contributed by atoms with van der Waals surface area (Å²) < 4.78 is 1.89. The first-order valence-corrected chi connectivity index (χ1v) is 28.2. The Morgan fingerprint density at radius 3 is 1.19 bits per heavy atom. The highest BCUT2D eigenvalue weighted by Gasteiger charge is 2.29. The van der Waals surface area contributed by atoms with Crippen LogP contribution in [0.5, 0.6) is 0 Å². The van der Waals surface area contributed by atoms with E-state index in [9.17, 15) is 19.6 Å². The molecule has 0 bridgehead atoms. The summed E-state index contributed by atoms with van der Waals surface area (Å²) in [5.74, 6) is 3.44. The molecule has 0 radical (unpaired) electrons. The number of thiocarbonyl (C=S) groups is 4. The second kappa shape index (κ2) is 37.6. The highest BCUT2D eigenvalue weighted by atomic mass is 32.2. The van der Waals surface area contributed by atoms with Gasteiger partial charge in [-0.2, -0.15) is 15.8 Å². The third-order valence-electron chi connectivity index (χ3n) is 7.60. The van der Waals surface area contributed by atoms with Crippen molar-refractivity contribution in [3.8, 4) is 18.2 Å². The Morgan fingerprint density at radius 2 is 0.887 bits per heavy atom. The molecule has 6 nitrogen and oxygen atoms in total. The number of Topliss-reactive ketones (excluding diaryl/α,β-unsaturated/α-hetero) is 3. The molecule has 346 valence electrons. The monoisotopic (exact) mass is 1050 g/mol. The number of hydrogen-bond donors (Lipinski definition) is 0. The van der Waals surface area contributed by atoms with E-state index >= 15 is 0 Å². The van der Waals surface area contributed by atoms with Crippen molar-refractivity contribution < 1.29 is 14.4 Å². The Balaban J connectivity index is -0.000000757. The third kappa shape index (κ3) is 39.8. The van der Waals surface area contributed by atoms with Crippen molar-refractivity contribution in [2.45, 2.75) is 166 Å². The predicted molar refractivity (Wildman–Crippen MR) is 301 cm³/mol. The Kier molecular flexibility index (Phi) is 39.9. The first-order chi connectivity index (χ1) is 28.8. The van der Waals surface area contributed by atoms with Crippen molar-refractivity contribution in [2.75, 3.05) is 17.3 Å². The first-order valence-electron chi connectivity index (χ1n) is 20.4. The van der Waals surface area contributed by atoms with Gasteiger partial charge in [-0.3, -0.25) is 0 Å². The summed E-state index contributed by atoms with van der Waals surface area (Å²) in [7, 11) is 0. The van der Waals surface area contributed by atoms with E-state index in [4.69, 9.17) is 59.4 Å². The lowest BCUT2D eigenvalue weighted by atomic mass is 10.1. The number of benzene rings is 1. The van der Waals surface area contributed by atoms with Gasteiger partial charge in [0.25, 0.3) is 0 Å². The number of hydrogen-bond acceptors (Lipinski definition) is 17. The zero-order valence-corrected chi connectivity index (χ0v) is 47.6. The van der Waals surface area contributed by atoms with Gasteiger partial charge in [0, 0.05) is 24.0 Å². The molecule has 0 N–H and O–H groups in total. The highest BCUT2D eigenvalue weighted by Crippen LogP contribution is 2.36. The van der Waals surface area contributed by atoms with E-state index in [0.717, 1.165) is 40.5 Å². The van der Waals surface area contributed by atoms with Crippen LogP contribution in [0.4, 0.5) is 0 Å².